The molecule has 2 aromatic heterocycles. The van der Waals surface area contributed by atoms with Gasteiger partial charge < -0.3 is 5.32 Å². The van der Waals surface area contributed by atoms with E-state index in [9.17, 15) is 0 Å². The Morgan fingerprint density at radius 3 is 2.54 bits per heavy atom. The van der Waals surface area contributed by atoms with Gasteiger partial charge in [-0.05, 0) is 37.5 Å². The molecule has 0 spiro atoms. The lowest BCUT2D eigenvalue weighted by Gasteiger charge is -2.24. The molecule has 1 aliphatic rings. The molecule has 0 saturated heterocycles. The third kappa shape index (κ3) is 3.27. The summed E-state index contributed by atoms with van der Waals surface area (Å²) in [5, 5.41) is 3.79. The van der Waals surface area contributed by atoms with Crippen molar-refractivity contribution in [3.63, 3.8) is 0 Å². The molecule has 24 heavy (non-hydrogen) atoms. The first-order valence-electron chi connectivity index (χ1n) is 8.62. The molecule has 4 heteroatoms. The Bertz CT molecular complexity index is 804. The van der Waals surface area contributed by atoms with Gasteiger partial charge in [-0.15, -0.1) is 12.4 Å². The number of nitrogens with zero attached hydrogens (tertiary/aromatic N) is 2. The molecule has 1 aromatic carbocycles. The topological polar surface area (TPSA) is 29.3 Å². The fraction of sp³-hybridized carbons (Fsp3) is 0.350. The van der Waals surface area contributed by atoms with E-state index in [1.54, 1.807) is 0 Å². The van der Waals surface area contributed by atoms with E-state index in [1.807, 2.05) is 0 Å². The van der Waals surface area contributed by atoms with Gasteiger partial charge >= 0.3 is 0 Å². The Hall–Kier alpha value is -2.00. The number of halogens is 1. The summed E-state index contributed by atoms with van der Waals surface area (Å²) in [4.78, 5) is 4.91. The maximum Gasteiger partial charge on any atom is 0.139 e. The lowest BCUT2D eigenvalue weighted by atomic mass is 9.95. The van der Waals surface area contributed by atoms with Crippen LogP contribution in [0.5, 0.6) is 0 Å². The third-order valence-electron chi connectivity index (χ3n) is 4.77. The van der Waals surface area contributed by atoms with Crippen molar-refractivity contribution in [2.75, 3.05) is 5.32 Å². The Balaban J connectivity index is 0.00000169. The summed E-state index contributed by atoms with van der Waals surface area (Å²) in [6, 6.07) is 15.4. The minimum atomic E-state index is 0. The minimum absolute atomic E-state index is 0. The molecule has 1 saturated carbocycles. The highest BCUT2D eigenvalue weighted by molar-refractivity contribution is 5.85. The first-order chi connectivity index (χ1) is 11.3. The van der Waals surface area contributed by atoms with Gasteiger partial charge in [0, 0.05) is 17.8 Å². The Kier molecular flexibility index (Phi) is 5.10. The number of pyridine rings is 1. The van der Waals surface area contributed by atoms with Crippen LogP contribution >= 0.6 is 12.4 Å². The molecule has 0 amide bonds. The smallest absolute Gasteiger partial charge is 0.139 e. The Morgan fingerprint density at radius 2 is 1.79 bits per heavy atom. The SMILES string of the molecule is Cc1ccn2c(NC3CCCCC3)c(-c3ccccc3)nc2c1.Cl. The van der Waals surface area contributed by atoms with Crippen LogP contribution in [0.25, 0.3) is 16.9 Å². The molecule has 1 fully saturated rings. The second kappa shape index (κ2) is 7.27. The van der Waals surface area contributed by atoms with Crippen LogP contribution in [0.2, 0.25) is 0 Å². The zero-order chi connectivity index (χ0) is 15.6. The van der Waals surface area contributed by atoms with E-state index in [0.29, 0.717) is 6.04 Å². The first-order valence-corrected chi connectivity index (χ1v) is 8.62. The fourth-order valence-corrected chi connectivity index (χ4v) is 3.52. The first kappa shape index (κ1) is 16.8. The summed E-state index contributed by atoms with van der Waals surface area (Å²) in [7, 11) is 0. The largest absolute Gasteiger partial charge is 0.367 e. The average Bonchev–Trinajstić information content (AvgIpc) is 2.94. The van der Waals surface area contributed by atoms with Crippen LogP contribution in [-0.4, -0.2) is 15.4 Å². The molecule has 0 bridgehead atoms. The number of imidazole rings is 1. The van der Waals surface area contributed by atoms with E-state index in [4.69, 9.17) is 4.98 Å². The molecule has 0 radical (unpaired) electrons. The van der Waals surface area contributed by atoms with Crippen LogP contribution in [0.3, 0.4) is 0 Å². The summed E-state index contributed by atoms with van der Waals surface area (Å²) < 4.78 is 2.20. The van der Waals surface area contributed by atoms with Crippen molar-refractivity contribution in [2.24, 2.45) is 0 Å². The number of anilines is 1. The summed E-state index contributed by atoms with van der Waals surface area (Å²) in [5.41, 5.74) is 4.49. The predicted octanol–water partition coefficient (Wildman–Crippen LogP) is 5.48. The lowest BCUT2D eigenvalue weighted by Crippen LogP contribution is -2.23. The van der Waals surface area contributed by atoms with Gasteiger partial charge in [-0.3, -0.25) is 4.40 Å². The summed E-state index contributed by atoms with van der Waals surface area (Å²) in [6.45, 7) is 2.12. The average molecular weight is 342 g/mol. The highest BCUT2D eigenvalue weighted by atomic mass is 35.5. The predicted molar refractivity (Wildman–Crippen MR) is 103 cm³/mol. The van der Waals surface area contributed by atoms with E-state index in [1.165, 1.54) is 43.2 Å². The second-order valence-corrected chi connectivity index (χ2v) is 6.59. The van der Waals surface area contributed by atoms with Crippen molar-refractivity contribution in [3.05, 3.63) is 54.2 Å². The zero-order valence-corrected chi connectivity index (χ0v) is 14.9. The second-order valence-electron chi connectivity index (χ2n) is 6.59. The van der Waals surface area contributed by atoms with Crippen molar-refractivity contribution in [2.45, 2.75) is 45.1 Å². The van der Waals surface area contributed by atoms with E-state index in [2.05, 4.69) is 65.3 Å². The fourth-order valence-electron chi connectivity index (χ4n) is 3.52. The Labute approximate surface area is 149 Å². The molecule has 0 aliphatic heterocycles. The van der Waals surface area contributed by atoms with E-state index in [-0.39, 0.29) is 12.4 Å². The normalized spacial score (nSPS) is 15.2. The van der Waals surface area contributed by atoms with E-state index >= 15 is 0 Å². The molecule has 3 nitrogen and oxygen atoms in total. The summed E-state index contributed by atoms with van der Waals surface area (Å²) >= 11 is 0. The molecular weight excluding hydrogens is 318 g/mol. The standard InChI is InChI=1S/C20H23N3.ClH/c1-15-12-13-23-18(14-15)22-19(16-8-4-2-5-9-16)20(23)21-17-10-6-3-7-11-17;/h2,4-5,8-9,12-14,17,21H,3,6-7,10-11H2,1H3;1H. The third-order valence-corrected chi connectivity index (χ3v) is 4.77. The van der Waals surface area contributed by atoms with E-state index < -0.39 is 0 Å². The monoisotopic (exact) mass is 341 g/mol. The van der Waals surface area contributed by atoms with Gasteiger partial charge in [0.05, 0.1) is 0 Å². The van der Waals surface area contributed by atoms with Crippen LogP contribution in [-0.2, 0) is 0 Å². The maximum atomic E-state index is 4.91. The number of aromatic nitrogens is 2. The number of rotatable bonds is 3. The summed E-state index contributed by atoms with van der Waals surface area (Å²) in [5.74, 6) is 1.14. The quantitative estimate of drug-likeness (QED) is 0.683. The van der Waals surface area contributed by atoms with Crippen LogP contribution in [0, 0.1) is 6.92 Å². The zero-order valence-electron chi connectivity index (χ0n) is 14.0. The van der Waals surface area contributed by atoms with Gasteiger partial charge in [0.2, 0.25) is 0 Å². The van der Waals surface area contributed by atoms with Gasteiger partial charge in [0.15, 0.2) is 0 Å². The lowest BCUT2D eigenvalue weighted by molar-refractivity contribution is 0.462. The number of benzene rings is 1. The van der Waals surface area contributed by atoms with Crippen molar-refractivity contribution >= 4 is 23.9 Å². The molecule has 1 aliphatic carbocycles. The Morgan fingerprint density at radius 1 is 1.04 bits per heavy atom. The minimum Gasteiger partial charge on any atom is -0.367 e. The molecule has 0 atom stereocenters. The molecular formula is C20H24ClN3. The molecule has 1 N–H and O–H groups in total. The van der Waals surface area contributed by atoms with Crippen molar-refractivity contribution in [3.8, 4) is 11.3 Å². The number of aryl methyl sites for hydroxylation is 1. The summed E-state index contributed by atoms with van der Waals surface area (Å²) in [6.07, 6.45) is 8.67. The van der Waals surface area contributed by atoms with Gasteiger partial charge in [-0.25, -0.2) is 4.98 Å². The highest BCUT2D eigenvalue weighted by Gasteiger charge is 2.19. The van der Waals surface area contributed by atoms with Gasteiger partial charge in [0.25, 0.3) is 0 Å². The van der Waals surface area contributed by atoms with Crippen LogP contribution in [0.1, 0.15) is 37.7 Å². The molecule has 3 aromatic rings. The number of nitrogens with one attached hydrogen (secondary N) is 1. The van der Waals surface area contributed by atoms with E-state index in [0.717, 1.165) is 17.2 Å². The van der Waals surface area contributed by atoms with Gasteiger partial charge in [-0.2, -0.15) is 0 Å². The molecule has 2 heterocycles. The van der Waals surface area contributed by atoms with Gasteiger partial charge in [0.1, 0.15) is 17.2 Å². The van der Waals surface area contributed by atoms with Gasteiger partial charge in [-0.1, -0.05) is 49.6 Å². The van der Waals surface area contributed by atoms with Crippen LogP contribution in [0.15, 0.2) is 48.7 Å². The molecule has 126 valence electrons. The van der Waals surface area contributed by atoms with Crippen molar-refractivity contribution in [1.29, 1.82) is 0 Å². The molecule has 4 rings (SSSR count). The van der Waals surface area contributed by atoms with Crippen LogP contribution < -0.4 is 5.32 Å². The number of hydrogen-bond donors (Lipinski definition) is 1. The van der Waals surface area contributed by atoms with Crippen molar-refractivity contribution < 1.29 is 0 Å². The highest BCUT2D eigenvalue weighted by Crippen LogP contribution is 2.31. The van der Waals surface area contributed by atoms with Crippen LogP contribution in [0.4, 0.5) is 5.82 Å². The number of fused-ring (bicyclic) bond motifs is 1. The number of hydrogen-bond acceptors (Lipinski definition) is 2. The maximum absolute atomic E-state index is 4.91. The molecule has 0 unspecified atom stereocenters. The van der Waals surface area contributed by atoms with Crippen molar-refractivity contribution in [1.82, 2.24) is 9.38 Å².